The van der Waals surface area contributed by atoms with Gasteiger partial charge < -0.3 is 10.3 Å². The fraction of sp³-hybridized carbons (Fsp3) is 0.115. The summed E-state index contributed by atoms with van der Waals surface area (Å²) in [6.45, 7) is 1.90. The molecule has 2 aromatic heterocycles. The lowest BCUT2D eigenvalue weighted by atomic mass is 10.2. The third-order valence-corrected chi connectivity index (χ3v) is 6.50. The molecule has 0 bridgehead atoms. The first-order valence-corrected chi connectivity index (χ1v) is 11.9. The minimum Gasteiger partial charge on any atom is -0.349 e. The van der Waals surface area contributed by atoms with E-state index in [-0.39, 0.29) is 28.0 Å². The standard InChI is InChI=1S/C26H19F3N4O2S/c1-15-6-4-8-17(12-15)30-21(34)14-36-25-32-22-19-10-2-3-11-20(19)31-23(22)24(35)33(25)18-9-5-7-16(13-18)26(27,28)29/h2-13,31H,14H2,1H3,(H,30,34). The van der Waals surface area contributed by atoms with Gasteiger partial charge in [-0.05, 0) is 48.9 Å². The van der Waals surface area contributed by atoms with Crippen molar-refractivity contribution < 1.29 is 18.0 Å². The van der Waals surface area contributed by atoms with Gasteiger partial charge in [-0.2, -0.15) is 13.2 Å². The molecule has 2 heterocycles. The van der Waals surface area contributed by atoms with Crippen LogP contribution in [0.1, 0.15) is 11.1 Å². The van der Waals surface area contributed by atoms with E-state index in [0.29, 0.717) is 22.1 Å². The lowest BCUT2D eigenvalue weighted by Crippen LogP contribution is -2.23. The first-order valence-electron chi connectivity index (χ1n) is 10.9. The van der Waals surface area contributed by atoms with Crippen LogP contribution in [0.4, 0.5) is 18.9 Å². The number of hydrogen-bond acceptors (Lipinski definition) is 4. The zero-order valence-corrected chi connectivity index (χ0v) is 19.7. The SMILES string of the molecule is Cc1cccc(NC(=O)CSc2nc3c([nH]c4ccccc43)c(=O)n2-c2cccc(C(F)(F)F)c2)c1. The van der Waals surface area contributed by atoms with Crippen molar-refractivity contribution >= 4 is 45.3 Å². The second-order valence-corrected chi connectivity index (χ2v) is 9.13. The number of rotatable bonds is 5. The van der Waals surface area contributed by atoms with Gasteiger partial charge in [0.05, 0.1) is 17.0 Å². The summed E-state index contributed by atoms with van der Waals surface area (Å²) in [6.07, 6.45) is -4.58. The highest BCUT2D eigenvalue weighted by molar-refractivity contribution is 7.99. The van der Waals surface area contributed by atoms with E-state index in [0.717, 1.165) is 34.0 Å². The molecule has 6 nitrogen and oxygen atoms in total. The molecule has 0 fully saturated rings. The highest BCUT2D eigenvalue weighted by Crippen LogP contribution is 2.32. The maximum Gasteiger partial charge on any atom is 0.416 e. The highest BCUT2D eigenvalue weighted by Gasteiger charge is 2.31. The molecule has 0 atom stereocenters. The molecule has 5 aromatic rings. The van der Waals surface area contributed by atoms with Crippen LogP contribution in [0, 0.1) is 6.92 Å². The Morgan fingerprint density at radius 2 is 1.83 bits per heavy atom. The third kappa shape index (κ3) is 4.59. The van der Waals surface area contributed by atoms with Crippen molar-refractivity contribution in [3.8, 4) is 5.69 Å². The number of para-hydroxylation sites is 1. The second kappa shape index (κ2) is 9.19. The highest BCUT2D eigenvalue weighted by atomic mass is 32.2. The van der Waals surface area contributed by atoms with Crippen LogP contribution in [0.2, 0.25) is 0 Å². The van der Waals surface area contributed by atoms with Crippen LogP contribution in [0.25, 0.3) is 27.6 Å². The Kier molecular flexibility index (Phi) is 6.05. The molecule has 0 unspecified atom stereocenters. The number of fused-ring (bicyclic) bond motifs is 3. The number of halogens is 3. The molecule has 0 aliphatic carbocycles. The topological polar surface area (TPSA) is 79.8 Å². The van der Waals surface area contributed by atoms with Gasteiger partial charge in [-0.15, -0.1) is 0 Å². The molecule has 5 rings (SSSR count). The van der Waals surface area contributed by atoms with Gasteiger partial charge in [0.25, 0.3) is 5.56 Å². The molecule has 10 heteroatoms. The maximum absolute atomic E-state index is 13.6. The number of carbonyl (C=O) groups excluding carboxylic acids is 1. The van der Waals surface area contributed by atoms with Gasteiger partial charge in [0.2, 0.25) is 5.91 Å². The number of anilines is 1. The zero-order chi connectivity index (χ0) is 25.4. The minimum absolute atomic E-state index is 0.00414. The molecule has 0 saturated heterocycles. The van der Waals surface area contributed by atoms with Crippen LogP contribution in [-0.2, 0) is 11.0 Å². The zero-order valence-electron chi connectivity index (χ0n) is 18.9. The summed E-state index contributed by atoms with van der Waals surface area (Å²) in [5, 5.41) is 3.60. The van der Waals surface area contributed by atoms with Gasteiger partial charge in [-0.3, -0.25) is 14.2 Å². The second-order valence-electron chi connectivity index (χ2n) is 8.18. The fourth-order valence-electron chi connectivity index (χ4n) is 3.94. The molecule has 0 spiro atoms. The molecule has 182 valence electrons. The van der Waals surface area contributed by atoms with Crippen molar-refractivity contribution in [2.75, 3.05) is 11.1 Å². The summed E-state index contributed by atoms with van der Waals surface area (Å²) in [7, 11) is 0. The number of benzene rings is 3. The van der Waals surface area contributed by atoms with Crippen molar-refractivity contribution in [3.05, 3.63) is 94.3 Å². The molecule has 0 aliphatic heterocycles. The summed E-state index contributed by atoms with van der Waals surface area (Å²) in [5.41, 5.74) is 1.38. The minimum atomic E-state index is -4.58. The number of aryl methyl sites for hydroxylation is 1. The van der Waals surface area contributed by atoms with Crippen LogP contribution in [0.5, 0.6) is 0 Å². The Balaban J connectivity index is 1.59. The molecule has 2 N–H and O–H groups in total. The van der Waals surface area contributed by atoms with Crippen LogP contribution < -0.4 is 10.9 Å². The van der Waals surface area contributed by atoms with Crippen LogP contribution in [0.15, 0.2) is 82.7 Å². The van der Waals surface area contributed by atoms with Gasteiger partial charge in [-0.25, -0.2) is 4.98 Å². The van der Waals surface area contributed by atoms with Crippen molar-refractivity contribution in [1.29, 1.82) is 0 Å². The van der Waals surface area contributed by atoms with Gasteiger partial charge in [0, 0.05) is 16.6 Å². The van der Waals surface area contributed by atoms with E-state index in [2.05, 4.69) is 15.3 Å². The monoisotopic (exact) mass is 508 g/mol. The molecular weight excluding hydrogens is 489 g/mol. The Labute approximate surface area is 207 Å². The lowest BCUT2D eigenvalue weighted by molar-refractivity contribution is -0.137. The number of carbonyl (C=O) groups is 1. The van der Waals surface area contributed by atoms with E-state index in [4.69, 9.17) is 0 Å². The molecule has 1 amide bonds. The van der Waals surface area contributed by atoms with Crippen molar-refractivity contribution in [3.63, 3.8) is 0 Å². The largest absolute Gasteiger partial charge is 0.416 e. The van der Waals surface area contributed by atoms with E-state index in [9.17, 15) is 22.8 Å². The van der Waals surface area contributed by atoms with E-state index < -0.39 is 17.3 Å². The van der Waals surface area contributed by atoms with E-state index in [1.54, 1.807) is 30.3 Å². The van der Waals surface area contributed by atoms with Crippen LogP contribution >= 0.6 is 11.8 Å². The predicted molar refractivity (Wildman–Crippen MR) is 135 cm³/mol. The van der Waals surface area contributed by atoms with Crippen molar-refractivity contribution in [2.24, 2.45) is 0 Å². The summed E-state index contributed by atoms with van der Waals surface area (Å²) in [5.74, 6) is -0.442. The summed E-state index contributed by atoms with van der Waals surface area (Å²) in [6, 6.07) is 19.0. The number of aromatic amines is 1. The average molecular weight is 509 g/mol. The maximum atomic E-state index is 13.6. The van der Waals surface area contributed by atoms with Gasteiger partial charge >= 0.3 is 6.18 Å². The van der Waals surface area contributed by atoms with E-state index >= 15 is 0 Å². The number of nitrogens with zero attached hydrogens (tertiary/aromatic N) is 2. The number of aromatic nitrogens is 3. The molecule has 0 aliphatic rings. The summed E-state index contributed by atoms with van der Waals surface area (Å²) in [4.78, 5) is 33.8. The summed E-state index contributed by atoms with van der Waals surface area (Å²) < 4.78 is 41.3. The molecule has 36 heavy (non-hydrogen) atoms. The third-order valence-electron chi connectivity index (χ3n) is 5.56. The molecule has 3 aromatic carbocycles. The lowest BCUT2D eigenvalue weighted by Gasteiger charge is -2.14. The summed E-state index contributed by atoms with van der Waals surface area (Å²) >= 11 is 0.972. The fourth-order valence-corrected chi connectivity index (χ4v) is 4.74. The van der Waals surface area contributed by atoms with E-state index in [1.165, 1.54) is 12.1 Å². The molecular formula is C26H19F3N4O2S. The number of amides is 1. The van der Waals surface area contributed by atoms with Crippen molar-refractivity contribution in [1.82, 2.24) is 14.5 Å². The molecule has 0 saturated carbocycles. The Morgan fingerprint density at radius 3 is 2.61 bits per heavy atom. The van der Waals surface area contributed by atoms with Gasteiger partial charge in [-0.1, -0.05) is 48.2 Å². The first-order chi connectivity index (χ1) is 17.2. The van der Waals surface area contributed by atoms with E-state index in [1.807, 2.05) is 25.1 Å². The first kappa shape index (κ1) is 23.7. The Hall–Kier alpha value is -4.05. The Morgan fingerprint density at radius 1 is 1.06 bits per heavy atom. The Bertz CT molecular complexity index is 1670. The number of hydrogen-bond donors (Lipinski definition) is 2. The van der Waals surface area contributed by atoms with Crippen LogP contribution in [0.3, 0.4) is 0 Å². The normalized spacial score (nSPS) is 11.8. The molecule has 0 radical (unpaired) electrons. The average Bonchev–Trinajstić information content (AvgIpc) is 3.21. The van der Waals surface area contributed by atoms with Gasteiger partial charge in [0.15, 0.2) is 5.16 Å². The number of alkyl halides is 3. The number of nitrogens with one attached hydrogen (secondary N) is 2. The number of thioether (sulfide) groups is 1. The van der Waals surface area contributed by atoms with Crippen LogP contribution in [-0.4, -0.2) is 26.2 Å². The predicted octanol–water partition coefficient (Wildman–Crippen LogP) is 5.93. The van der Waals surface area contributed by atoms with Crippen molar-refractivity contribution in [2.45, 2.75) is 18.3 Å². The number of H-pyrrole nitrogens is 1. The smallest absolute Gasteiger partial charge is 0.349 e. The van der Waals surface area contributed by atoms with Gasteiger partial charge in [0.1, 0.15) is 11.0 Å². The quantitative estimate of drug-likeness (QED) is 0.228.